The lowest BCUT2D eigenvalue weighted by molar-refractivity contribution is -0.384. The lowest BCUT2D eigenvalue weighted by Crippen LogP contribution is -1.99. The number of hydrogen-bond acceptors (Lipinski definition) is 4. The van der Waals surface area contributed by atoms with Gasteiger partial charge in [0.05, 0.1) is 15.6 Å². The first-order valence-corrected chi connectivity index (χ1v) is 8.83. The molecule has 3 rings (SSSR count). The van der Waals surface area contributed by atoms with E-state index in [9.17, 15) is 14.5 Å². The van der Waals surface area contributed by atoms with Crippen LogP contribution < -0.4 is 4.74 Å². The molecule has 0 amide bonds. The molecule has 0 aliphatic rings. The van der Waals surface area contributed by atoms with Crippen LogP contribution in [-0.4, -0.2) is 11.1 Å². The molecule has 0 atom stereocenters. The zero-order chi connectivity index (χ0) is 20.1. The Kier molecular flexibility index (Phi) is 6.23. The predicted molar refractivity (Wildman–Crippen MR) is 108 cm³/mol. The second kappa shape index (κ2) is 8.82. The number of halogens is 3. The molecule has 3 aromatic carbocycles. The third kappa shape index (κ3) is 5.06. The average Bonchev–Trinajstić information content (AvgIpc) is 2.67. The SMILES string of the molecule is O=[N+]([O-])c1ccc(N=Cc2cc(Cl)cc(Cl)c2OCc2ccc(F)cc2)cc1. The quantitative estimate of drug-likeness (QED) is 0.265. The number of rotatable bonds is 6. The maximum absolute atomic E-state index is 13.0. The van der Waals surface area contributed by atoms with E-state index in [0.29, 0.717) is 27.0 Å². The Balaban J connectivity index is 1.83. The summed E-state index contributed by atoms with van der Waals surface area (Å²) < 4.78 is 18.8. The third-order valence-electron chi connectivity index (χ3n) is 3.75. The highest BCUT2D eigenvalue weighted by Crippen LogP contribution is 2.32. The largest absolute Gasteiger partial charge is 0.487 e. The van der Waals surface area contributed by atoms with Crippen molar-refractivity contribution in [3.8, 4) is 5.75 Å². The van der Waals surface area contributed by atoms with Crippen molar-refractivity contribution in [2.75, 3.05) is 0 Å². The normalized spacial score (nSPS) is 11.0. The molecular formula is C20H13Cl2FN2O3. The number of hydrogen-bond donors (Lipinski definition) is 0. The van der Waals surface area contributed by atoms with Crippen molar-refractivity contribution < 1.29 is 14.1 Å². The molecule has 0 saturated carbocycles. The van der Waals surface area contributed by atoms with Crippen molar-refractivity contribution in [3.05, 3.63) is 97.8 Å². The van der Waals surface area contributed by atoms with E-state index in [-0.39, 0.29) is 18.1 Å². The summed E-state index contributed by atoms with van der Waals surface area (Å²) in [7, 11) is 0. The molecule has 0 unspecified atom stereocenters. The molecule has 0 aliphatic heterocycles. The standard InChI is InChI=1S/C20H13Cl2FN2O3/c21-15-9-14(11-24-17-5-7-18(8-6-17)25(26)27)20(19(22)10-15)28-12-13-1-3-16(23)4-2-13/h1-11H,12H2. The summed E-state index contributed by atoms with van der Waals surface area (Å²) in [6, 6.07) is 14.9. The Morgan fingerprint density at radius 3 is 2.39 bits per heavy atom. The van der Waals surface area contributed by atoms with Gasteiger partial charge < -0.3 is 4.74 Å². The van der Waals surface area contributed by atoms with Crippen LogP contribution in [0.25, 0.3) is 0 Å². The van der Waals surface area contributed by atoms with E-state index in [4.69, 9.17) is 27.9 Å². The van der Waals surface area contributed by atoms with E-state index in [2.05, 4.69) is 4.99 Å². The number of nitro groups is 1. The minimum atomic E-state index is -0.481. The molecule has 0 radical (unpaired) electrons. The van der Waals surface area contributed by atoms with Crippen LogP contribution in [-0.2, 0) is 6.61 Å². The fourth-order valence-electron chi connectivity index (χ4n) is 2.37. The summed E-state index contributed by atoms with van der Waals surface area (Å²) in [5, 5.41) is 11.4. The van der Waals surface area contributed by atoms with Gasteiger partial charge in [0.1, 0.15) is 18.2 Å². The van der Waals surface area contributed by atoms with E-state index >= 15 is 0 Å². The van der Waals surface area contributed by atoms with Crippen molar-refractivity contribution in [1.29, 1.82) is 0 Å². The molecule has 0 spiro atoms. The van der Waals surface area contributed by atoms with Gasteiger partial charge in [0, 0.05) is 28.9 Å². The Morgan fingerprint density at radius 1 is 1.07 bits per heavy atom. The maximum Gasteiger partial charge on any atom is 0.269 e. The highest BCUT2D eigenvalue weighted by molar-refractivity contribution is 6.36. The van der Waals surface area contributed by atoms with Gasteiger partial charge in [-0.05, 0) is 42.0 Å². The van der Waals surface area contributed by atoms with Crippen molar-refractivity contribution in [2.45, 2.75) is 6.61 Å². The Hall–Kier alpha value is -2.96. The van der Waals surface area contributed by atoms with E-state index in [1.54, 1.807) is 24.3 Å². The lowest BCUT2D eigenvalue weighted by atomic mass is 10.2. The van der Waals surface area contributed by atoms with Gasteiger partial charge in [-0.15, -0.1) is 0 Å². The number of nitrogens with zero attached hydrogens (tertiary/aromatic N) is 2. The van der Waals surface area contributed by atoms with Crippen LogP contribution in [0.1, 0.15) is 11.1 Å². The van der Waals surface area contributed by atoms with Gasteiger partial charge in [-0.3, -0.25) is 15.1 Å². The summed E-state index contributed by atoms with van der Waals surface area (Å²) in [6.45, 7) is 0.181. The van der Waals surface area contributed by atoms with Gasteiger partial charge >= 0.3 is 0 Å². The van der Waals surface area contributed by atoms with E-state index < -0.39 is 4.92 Å². The number of benzene rings is 3. The first kappa shape index (κ1) is 19.8. The number of nitro benzene ring substituents is 1. The van der Waals surface area contributed by atoms with Crippen LogP contribution in [0.3, 0.4) is 0 Å². The van der Waals surface area contributed by atoms with Crippen molar-refractivity contribution in [3.63, 3.8) is 0 Å². The lowest BCUT2D eigenvalue weighted by Gasteiger charge is -2.12. The van der Waals surface area contributed by atoms with E-state index in [1.165, 1.54) is 42.6 Å². The average molecular weight is 419 g/mol. The number of aliphatic imine (C=N–C) groups is 1. The van der Waals surface area contributed by atoms with Crippen molar-refractivity contribution in [1.82, 2.24) is 0 Å². The Morgan fingerprint density at radius 2 is 1.75 bits per heavy atom. The molecule has 0 aliphatic carbocycles. The molecule has 0 saturated heterocycles. The fraction of sp³-hybridized carbons (Fsp3) is 0.0500. The highest BCUT2D eigenvalue weighted by Gasteiger charge is 2.10. The molecule has 0 fully saturated rings. The second-order valence-corrected chi connectivity index (χ2v) is 6.60. The summed E-state index contributed by atoms with van der Waals surface area (Å²) >= 11 is 12.3. The summed E-state index contributed by atoms with van der Waals surface area (Å²) in [6.07, 6.45) is 1.51. The highest BCUT2D eigenvalue weighted by atomic mass is 35.5. The minimum absolute atomic E-state index is 0.0203. The van der Waals surface area contributed by atoms with Crippen LogP contribution in [0.4, 0.5) is 15.8 Å². The van der Waals surface area contributed by atoms with E-state index in [0.717, 1.165) is 5.56 Å². The molecule has 0 heterocycles. The van der Waals surface area contributed by atoms with Gasteiger partial charge in [-0.2, -0.15) is 0 Å². The number of non-ortho nitro benzene ring substituents is 1. The zero-order valence-corrected chi connectivity index (χ0v) is 15.8. The number of ether oxygens (including phenoxy) is 1. The monoisotopic (exact) mass is 418 g/mol. The first-order chi connectivity index (χ1) is 13.4. The van der Waals surface area contributed by atoms with Gasteiger partial charge in [0.15, 0.2) is 0 Å². The van der Waals surface area contributed by atoms with Crippen molar-refractivity contribution >= 4 is 40.8 Å². The second-order valence-electron chi connectivity index (χ2n) is 5.75. The molecule has 142 valence electrons. The predicted octanol–water partition coefficient (Wildman–Crippen LogP) is 6.37. The topological polar surface area (TPSA) is 64.7 Å². The fourth-order valence-corrected chi connectivity index (χ4v) is 2.93. The summed E-state index contributed by atoms with van der Waals surface area (Å²) in [5.41, 5.74) is 1.81. The van der Waals surface area contributed by atoms with Crippen LogP contribution in [0.15, 0.2) is 65.7 Å². The third-order valence-corrected chi connectivity index (χ3v) is 4.25. The van der Waals surface area contributed by atoms with Crippen LogP contribution in [0, 0.1) is 15.9 Å². The van der Waals surface area contributed by atoms with Crippen LogP contribution in [0.5, 0.6) is 5.75 Å². The molecule has 0 N–H and O–H groups in total. The Labute approximate surface area is 170 Å². The smallest absolute Gasteiger partial charge is 0.269 e. The molecule has 28 heavy (non-hydrogen) atoms. The summed E-state index contributed by atoms with van der Waals surface area (Å²) in [5.74, 6) is 0.0465. The van der Waals surface area contributed by atoms with Gasteiger partial charge in [0.2, 0.25) is 0 Å². The first-order valence-electron chi connectivity index (χ1n) is 8.07. The summed E-state index contributed by atoms with van der Waals surface area (Å²) in [4.78, 5) is 14.5. The molecule has 3 aromatic rings. The molecule has 0 aromatic heterocycles. The molecule has 5 nitrogen and oxygen atoms in total. The zero-order valence-electron chi connectivity index (χ0n) is 14.3. The van der Waals surface area contributed by atoms with Gasteiger partial charge in [-0.25, -0.2) is 4.39 Å². The molecular weight excluding hydrogens is 406 g/mol. The maximum atomic E-state index is 13.0. The van der Waals surface area contributed by atoms with Gasteiger partial charge in [0.25, 0.3) is 5.69 Å². The molecule has 8 heteroatoms. The van der Waals surface area contributed by atoms with Crippen LogP contribution >= 0.6 is 23.2 Å². The van der Waals surface area contributed by atoms with Gasteiger partial charge in [-0.1, -0.05) is 35.3 Å². The minimum Gasteiger partial charge on any atom is -0.487 e. The van der Waals surface area contributed by atoms with E-state index in [1.807, 2.05) is 0 Å². The molecule has 0 bridgehead atoms. The van der Waals surface area contributed by atoms with Crippen molar-refractivity contribution in [2.24, 2.45) is 4.99 Å². The van der Waals surface area contributed by atoms with Crippen LogP contribution in [0.2, 0.25) is 10.0 Å². The Bertz CT molecular complexity index is 1020.